The van der Waals surface area contributed by atoms with E-state index in [1.54, 1.807) is 31.3 Å². The van der Waals surface area contributed by atoms with Gasteiger partial charge in [-0.1, -0.05) is 31.5 Å². The topological polar surface area (TPSA) is 73.8 Å². The van der Waals surface area contributed by atoms with E-state index < -0.39 is 10.0 Å². The van der Waals surface area contributed by atoms with Crippen molar-refractivity contribution in [1.82, 2.24) is 14.9 Å². The van der Waals surface area contributed by atoms with Crippen LogP contribution in [0, 0.1) is 18.8 Å². The zero-order valence-corrected chi connectivity index (χ0v) is 19.9. The molecule has 1 aliphatic heterocycles. The van der Waals surface area contributed by atoms with Crippen molar-refractivity contribution in [1.29, 1.82) is 0 Å². The second-order valence-corrected chi connectivity index (χ2v) is 9.18. The van der Waals surface area contributed by atoms with E-state index in [9.17, 15) is 8.42 Å². The molecule has 154 valence electrons. The molecule has 1 fully saturated rings. The summed E-state index contributed by atoms with van der Waals surface area (Å²) in [6, 6.07) is 6.86. The first kappa shape index (κ1) is 24.2. The molecule has 1 aliphatic rings. The van der Waals surface area contributed by atoms with Crippen molar-refractivity contribution in [3.63, 3.8) is 0 Å². The number of likely N-dealkylation sites (tertiary alicyclic amines) is 1. The number of benzene rings is 1. The van der Waals surface area contributed by atoms with Crippen LogP contribution in [0.1, 0.15) is 32.3 Å². The van der Waals surface area contributed by atoms with Crippen LogP contribution in [-0.4, -0.2) is 52.5 Å². The molecule has 1 aromatic carbocycles. The number of nitrogens with zero attached hydrogens (tertiary/aromatic N) is 2. The van der Waals surface area contributed by atoms with E-state index in [0.717, 1.165) is 24.6 Å². The Kier molecular flexibility index (Phi) is 10.0. The summed E-state index contributed by atoms with van der Waals surface area (Å²) in [7, 11) is -1.69. The summed E-state index contributed by atoms with van der Waals surface area (Å²) in [5.41, 5.74) is 1.04. The van der Waals surface area contributed by atoms with E-state index in [1.807, 2.05) is 6.92 Å². The lowest BCUT2D eigenvalue weighted by molar-refractivity contribution is 0.404. The fourth-order valence-corrected chi connectivity index (χ4v) is 4.41. The molecule has 0 aliphatic carbocycles. The van der Waals surface area contributed by atoms with Crippen molar-refractivity contribution in [3.8, 4) is 0 Å². The van der Waals surface area contributed by atoms with Gasteiger partial charge in [0, 0.05) is 33.2 Å². The van der Waals surface area contributed by atoms with Gasteiger partial charge in [0.25, 0.3) is 0 Å². The highest BCUT2D eigenvalue weighted by Crippen LogP contribution is 2.23. The second kappa shape index (κ2) is 11.2. The van der Waals surface area contributed by atoms with E-state index in [1.165, 1.54) is 12.8 Å². The second-order valence-electron chi connectivity index (χ2n) is 7.42. The van der Waals surface area contributed by atoms with Crippen LogP contribution in [0.2, 0.25) is 0 Å². The lowest BCUT2D eigenvalue weighted by Gasteiger charge is -2.22. The van der Waals surface area contributed by atoms with Crippen LogP contribution >= 0.6 is 24.0 Å². The quantitative estimate of drug-likeness (QED) is 0.257. The molecule has 0 saturated carbocycles. The molecule has 1 atom stereocenters. The fraction of sp³-hybridized carbons (Fsp3) is 0.632. The van der Waals surface area contributed by atoms with Crippen molar-refractivity contribution in [2.45, 2.75) is 38.5 Å². The maximum Gasteiger partial charge on any atom is 0.240 e. The number of halogens is 1. The molecule has 1 unspecified atom stereocenters. The molecule has 6 nitrogen and oxygen atoms in total. The third kappa shape index (κ3) is 7.57. The Morgan fingerprint density at radius 1 is 1.26 bits per heavy atom. The first-order valence-corrected chi connectivity index (χ1v) is 10.8. The monoisotopic (exact) mass is 508 g/mol. The number of hydrogen-bond donors (Lipinski definition) is 2. The number of aryl methyl sites for hydroxylation is 1. The summed E-state index contributed by atoms with van der Waals surface area (Å²) in [6.45, 7) is 9.30. The van der Waals surface area contributed by atoms with Gasteiger partial charge in [-0.3, -0.25) is 4.99 Å². The van der Waals surface area contributed by atoms with Crippen molar-refractivity contribution in [3.05, 3.63) is 29.8 Å². The summed E-state index contributed by atoms with van der Waals surface area (Å²) >= 11 is 0. The molecule has 0 radical (unpaired) electrons. The van der Waals surface area contributed by atoms with Crippen molar-refractivity contribution in [2.24, 2.45) is 16.8 Å². The normalized spacial score (nSPS) is 17.9. The predicted molar refractivity (Wildman–Crippen MR) is 122 cm³/mol. The van der Waals surface area contributed by atoms with Crippen molar-refractivity contribution >= 4 is 40.0 Å². The minimum atomic E-state index is -3.47. The zero-order chi connectivity index (χ0) is 19.2. The third-order valence-electron chi connectivity index (χ3n) is 4.63. The highest BCUT2D eigenvalue weighted by Gasteiger charge is 2.25. The molecule has 0 aromatic heterocycles. The maximum atomic E-state index is 12.3. The Morgan fingerprint density at radius 3 is 2.52 bits per heavy atom. The molecule has 8 heteroatoms. The molecule has 27 heavy (non-hydrogen) atoms. The number of hydrogen-bond acceptors (Lipinski definition) is 3. The standard InChI is InChI=1S/C19H32N4O2S.HI/c1-15(2)13-17-9-12-23(14-17)19(20-4)21-10-11-22-26(24,25)18-7-5-16(3)6-8-18;/h5-8,15,17,22H,9-14H2,1-4H3,(H,20,21);1H. The Labute approximate surface area is 181 Å². The lowest BCUT2D eigenvalue weighted by atomic mass is 9.97. The van der Waals surface area contributed by atoms with Gasteiger partial charge >= 0.3 is 0 Å². The molecular weight excluding hydrogens is 475 g/mol. The number of guanidine groups is 1. The van der Waals surface area contributed by atoms with Gasteiger partial charge in [0.15, 0.2) is 5.96 Å². The molecule has 0 bridgehead atoms. The number of sulfonamides is 1. The summed E-state index contributed by atoms with van der Waals surface area (Å²) in [5, 5.41) is 3.27. The van der Waals surface area contributed by atoms with Crippen LogP contribution in [0.25, 0.3) is 0 Å². The molecule has 2 N–H and O–H groups in total. The smallest absolute Gasteiger partial charge is 0.240 e. The SMILES string of the molecule is CN=C(NCCNS(=O)(=O)c1ccc(C)cc1)N1CCC(CC(C)C)C1.I. The minimum Gasteiger partial charge on any atom is -0.355 e. The van der Waals surface area contributed by atoms with Gasteiger partial charge in [-0.05, 0) is 43.7 Å². The summed E-state index contributed by atoms with van der Waals surface area (Å²) in [6.07, 6.45) is 2.43. The highest BCUT2D eigenvalue weighted by atomic mass is 127. The average molecular weight is 508 g/mol. The van der Waals surface area contributed by atoms with E-state index >= 15 is 0 Å². The van der Waals surface area contributed by atoms with Gasteiger partial charge in [0.05, 0.1) is 4.90 Å². The van der Waals surface area contributed by atoms with Crippen molar-refractivity contribution < 1.29 is 8.42 Å². The average Bonchev–Trinajstić information content (AvgIpc) is 3.02. The Balaban J connectivity index is 0.00000364. The number of aliphatic imine (C=N–C) groups is 1. The van der Waals surface area contributed by atoms with E-state index in [-0.39, 0.29) is 24.0 Å². The van der Waals surface area contributed by atoms with Crippen molar-refractivity contribution in [2.75, 3.05) is 33.2 Å². The molecule has 1 heterocycles. The summed E-state index contributed by atoms with van der Waals surface area (Å²) in [4.78, 5) is 6.90. The first-order chi connectivity index (χ1) is 12.3. The Morgan fingerprint density at radius 2 is 1.93 bits per heavy atom. The summed E-state index contributed by atoms with van der Waals surface area (Å²) < 4.78 is 27.2. The molecular formula is C19H33IN4O2S. The zero-order valence-electron chi connectivity index (χ0n) is 16.7. The largest absolute Gasteiger partial charge is 0.355 e. The Bertz CT molecular complexity index is 705. The van der Waals surface area contributed by atoms with Gasteiger partial charge in [0.1, 0.15) is 0 Å². The van der Waals surface area contributed by atoms with E-state index in [4.69, 9.17) is 0 Å². The molecule has 0 amide bonds. The number of rotatable bonds is 7. The maximum absolute atomic E-state index is 12.3. The predicted octanol–water partition coefficient (Wildman–Crippen LogP) is 2.83. The molecule has 2 rings (SSSR count). The van der Waals surface area contributed by atoms with Crippen LogP contribution in [0.4, 0.5) is 0 Å². The van der Waals surface area contributed by atoms with Crippen LogP contribution in [-0.2, 0) is 10.0 Å². The molecule has 0 spiro atoms. The van der Waals surface area contributed by atoms with Gasteiger partial charge in [-0.15, -0.1) is 24.0 Å². The molecule has 1 aromatic rings. The van der Waals surface area contributed by atoms with Crippen LogP contribution in [0.3, 0.4) is 0 Å². The summed E-state index contributed by atoms with van der Waals surface area (Å²) in [5.74, 6) is 2.28. The number of nitrogens with one attached hydrogen (secondary N) is 2. The lowest BCUT2D eigenvalue weighted by Crippen LogP contribution is -2.43. The van der Waals surface area contributed by atoms with Crippen LogP contribution in [0.15, 0.2) is 34.2 Å². The van der Waals surface area contributed by atoms with Gasteiger partial charge < -0.3 is 10.2 Å². The van der Waals surface area contributed by atoms with Crippen LogP contribution in [0.5, 0.6) is 0 Å². The van der Waals surface area contributed by atoms with E-state index in [0.29, 0.717) is 29.8 Å². The Hall–Kier alpha value is -0.870. The highest BCUT2D eigenvalue weighted by molar-refractivity contribution is 14.0. The van der Waals surface area contributed by atoms with Crippen LogP contribution < -0.4 is 10.0 Å². The fourth-order valence-electron chi connectivity index (χ4n) is 3.38. The van der Waals surface area contributed by atoms with Gasteiger partial charge in [-0.25, -0.2) is 13.1 Å². The third-order valence-corrected chi connectivity index (χ3v) is 6.11. The molecule has 1 saturated heterocycles. The first-order valence-electron chi connectivity index (χ1n) is 9.33. The van der Waals surface area contributed by atoms with E-state index in [2.05, 4.69) is 33.8 Å². The van der Waals surface area contributed by atoms with Gasteiger partial charge in [0.2, 0.25) is 10.0 Å². The van der Waals surface area contributed by atoms with Gasteiger partial charge in [-0.2, -0.15) is 0 Å². The minimum absolute atomic E-state index is 0.